The lowest BCUT2D eigenvalue weighted by molar-refractivity contribution is -0.149. The molecule has 1 fully saturated rings. The first-order chi connectivity index (χ1) is 7.74. The van der Waals surface area contributed by atoms with E-state index in [0.29, 0.717) is 18.5 Å². The van der Waals surface area contributed by atoms with Crippen molar-refractivity contribution in [2.24, 2.45) is 0 Å². The van der Waals surface area contributed by atoms with Crippen molar-refractivity contribution in [3.8, 4) is 0 Å². The Morgan fingerprint density at radius 2 is 2.00 bits per heavy atom. The summed E-state index contributed by atoms with van der Waals surface area (Å²) in [4.78, 5) is 24.8. The molecule has 1 unspecified atom stereocenters. The van der Waals surface area contributed by atoms with Crippen LogP contribution >= 0.6 is 0 Å². The van der Waals surface area contributed by atoms with Crippen LogP contribution in [0.1, 0.15) is 16.8 Å². The Bertz CT molecular complexity index is 402. The van der Waals surface area contributed by atoms with Crippen LogP contribution in [-0.2, 0) is 9.53 Å². The van der Waals surface area contributed by atoms with Gasteiger partial charge in [0, 0.05) is 12.1 Å². The number of carbonyl (C=O) groups excluding carboxylic acids is 2. The highest BCUT2D eigenvalue weighted by Crippen LogP contribution is 2.21. The minimum Gasteiger partial charge on any atom is -0.467 e. The number of carbonyl (C=O) groups is 2. The fourth-order valence-corrected chi connectivity index (χ4v) is 1.76. The first kappa shape index (κ1) is 10.7. The quantitative estimate of drug-likeness (QED) is 0.699. The minimum absolute atomic E-state index is 0.109. The van der Waals surface area contributed by atoms with E-state index in [4.69, 9.17) is 0 Å². The van der Waals surface area contributed by atoms with Crippen LogP contribution in [0.5, 0.6) is 0 Å². The normalized spacial score (nSPS) is 18.8. The minimum atomic E-state index is -0.405. The zero-order chi connectivity index (χ0) is 11.5. The monoisotopic (exact) mass is 219 g/mol. The number of nitrogens with zero attached hydrogens (tertiary/aromatic N) is 1. The van der Waals surface area contributed by atoms with Gasteiger partial charge in [0.25, 0.3) is 5.91 Å². The molecule has 0 radical (unpaired) electrons. The molecule has 16 heavy (non-hydrogen) atoms. The molecule has 0 saturated carbocycles. The van der Waals surface area contributed by atoms with E-state index in [1.54, 1.807) is 29.2 Å². The van der Waals surface area contributed by atoms with Crippen LogP contribution in [0.4, 0.5) is 0 Å². The largest absolute Gasteiger partial charge is 0.467 e. The van der Waals surface area contributed by atoms with Crippen LogP contribution in [0.15, 0.2) is 30.3 Å². The molecular weight excluding hydrogens is 206 g/mol. The van der Waals surface area contributed by atoms with Gasteiger partial charge in [0.15, 0.2) is 0 Å². The Labute approximate surface area is 93.8 Å². The number of methoxy groups -OCH3 is 1. The SMILES string of the molecule is COC(=O)C1CCN1C(=O)c1ccccc1. The highest BCUT2D eigenvalue weighted by atomic mass is 16.5. The molecule has 0 aliphatic carbocycles. The predicted molar refractivity (Wildman–Crippen MR) is 57.9 cm³/mol. The van der Waals surface area contributed by atoms with Gasteiger partial charge >= 0.3 is 5.97 Å². The fraction of sp³-hybridized carbons (Fsp3) is 0.333. The average Bonchev–Trinajstić information content (AvgIpc) is 2.28. The van der Waals surface area contributed by atoms with Crippen molar-refractivity contribution in [3.05, 3.63) is 35.9 Å². The predicted octanol–water partition coefficient (Wildman–Crippen LogP) is 1.07. The number of esters is 1. The molecule has 1 amide bonds. The van der Waals surface area contributed by atoms with Crippen molar-refractivity contribution in [1.29, 1.82) is 0 Å². The summed E-state index contributed by atoms with van der Waals surface area (Å²) in [6.45, 7) is 0.619. The van der Waals surface area contributed by atoms with Crippen molar-refractivity contribution in [2.45, 2.75) is 12.5 Å². The molecule has 1 atom stereocenters. The molecule has 1 aliphatic rings. The third-order valence-corrected chi connectivity index (χ3v) is 2.77. The Hall–Kier alpha value is -1.84. The third kappa shape index (κ3) is 1.78. The van der Waals surface area contributed by atoms with Crippen LogP contribution < -0.4 is 0 Å². The molecule has 2 rings (SSSR count). The molecule has 0 bridgehead atoms. The van der Waals surface area contributed by atoms with E-state index >= 15 is 0 Å². The van der Waals surface area contributed by atoms with E-state index in [2.05, 4.69) is 4.74 Å². The van der Waals surface area contributed by atoms with E-state index in [1.807, 2.05) is 6.07 Å². The van der Waals surface area contributed by atoms with Gasteiger partial charge in [0.1, 0.15) is 6.04 Å². The van der Waals surface area contributed by atoms with Gasteiger partial charge in [0.2, 0.25) is 0 Å². The van der Waals surface area contributed by atoms with Crippen LogP contribution in [-0.4, -0.2) is 36.5 Å². The maximum atomic E-state index is 12.0. The van der Waals surface area contributed by atoms with E-state index in [-0.39, 0.29) is 11.9 Å². The summed E-state index contributed by atoms with van der Waals surface area (Å²) in [6.07, 6.45) is 0.686. The topological polar surface area (TPSA) is 46.6 Å². The number of likely N-dealkylation sites (tertiary alicyclic amines) is 1. The second kappa shape index (κ2) is 4.35. The molecule has 1 aromatic carbocycles. The molecule has 0 spiro atoms. The van der Waals surface area contributed by atoms with Crippen molar-refractivity contribution < 1.29 is 14.3 Å². The van der Waals surface area contributed by atoms with Crippen molar-refractivity contribution in [1.82, 2.24) is 4.90 Å². The van der Waals surface area contributed by atoms with Gasteiger partial charge in [-0.25, -0.2) is 4.79 Å². The summed E-state index contributed by atoms with van der Waals surface area (Å²) in [7, 11) is 1.34. The molecule has 84 valence electrons. The average molecular weight is 219 g/mol. The van der Waals surface area contributed by atoms with Gasteiger partial charge in [-0.1, -0.05) is 18.2 Å². The fourth-order valence-electron chi connectivity index (χ4n) is 1.76. The zero-order valence-corrected chi connectivity index (χ0v) is 9.05. The van der Waals surface area contributed by atoms with E-state index in [0.717, 1.165) is 0 Å². The summed E-state index contributed by atoms with van der Waals surface area (Å²) in [5, 5.41) is 0. The van der Waals surface area contributed by atoms with Crippen molar-refractivity contribution in [2.75, 3.05) is 13.7 Å². The Kier molecular flexibility index (Phi) is 2.90. The number of hydrogen-bond donors (Lipinski definition) is 0. The number of benzene rings is 1. The smallest absolute Gasteiger partial charge is 0.328 e. The third-order valence-electron chi connectivity index (χ3n) is 2.77. The van der Waals surface area contributed by atoms with Crippen LogP contribution in [0.3, 0.4) is 0 Å². The molecule has 1 aromatic rings. The molecular formula is C12H13NO3. The maximum absolute atomic E-state index is 12.0. The standard InChI is InChI=1S/C12H13NO3/c1-16-12(15)10-7-8-13(10)11(14)9-5-3-2-4-6-9/h2-6,10H,7-8H2,1H3. The van der Waals surface area contributed by atoms with Gasteiger partial charge in [-0.15, -0.1) is 0 Å². The second-order valence-corrected chi connectivity index (χ2v) is 3.69. The Morgan fingerprint density at radius 1 is 1.31 bits per heavy atom. The van der Waals surface area contributed by atoms with Crippen LogP contribution in [0.2, 0.25) is 0 Å². The first-order valence-electron chi connectivity index (χ1n) is 5.18. The lowest BCUT2D eigenvalue weighted by Crippen LogP contribution is -2.55. The first-order valence-corrected chi connectivity index (χ1v) is 5.18. The maximum Gasteiger partial charge on any atom is 0.328 e. The summed E-state index contributed by atoms with van der Waals surface area (Å²) in [5.41, 5.74) is 0.608. The van der Waals surface area contributed by atoms with E-state index < -0.39 is 6.04 Å². The lowest BCUT2D eigenvalue weighted by atomic mass is 10.0. The van der Waals surface area contributed by atoms with Crippen LogP contribution in [0.25, 0.3) is 0 Å². The molecule has 4 heteroatoms. The summed E-state index contributed by atoms with van der Waals surface area (Å²) < 4.78 is 4.64. The van der Waals surface area contributed by atoms with Gasteiger partial charge in [-0.2, -0.15) is 0 Å². The molecule has 1 heterocycles. The molecule has 4 nitrogen and oxygen atoms in total. The number of ether oxygens (including phenoxy) is 1. The molecule has 0 N–H and O–H groups in total. The van der Waals surface area contributed by atoms with E-state index in [1.165, 1.54) is 7.11 Å². The van der Waals surface area contributed by atoms with E-state index in [9.17, 15) is 9.59 Å². The number of rotatable bonds is 2. The molecule has 1 aliphatic heterocycles. The van der Waals surface area contributed by atoms with Crippen LogP contribution in [0, 0.1) is 0 Å². The van der Waals surface area contributed by atoms with Gasteiger partial charge in [0.05, 0.1) is 7.11 Å². The van der Waals surface area contributed by atoms with Gasteiger partial charge < -0.3 is 9.64 Å². The highest BCUT2D eigenvalue weighted by molar-refractivity contribution is 5.97. The number of amides is 1. The molecule has 0 aromatic heterocycles. The number of hydrogen-bond acceptors (Lipinski definition) is 3. The Balaban J connectivity index is 2.09. The Morgan fingerprint density at radius 3 is 2.50 bits per heavy atom. The molecule has 1 saturated heterocycles. The van der Waals surface area contributed by atoms with Gasteiger partial charge in [-0.05, 0) is 18.6 Å². The highest BCUT2D eigenvalue weighted by Gasteiger charge is 2.38. The zero-order valence-electron chi connectivity index (χ0n) is 9.05. The lowest BCUT2D eigenvalue weighted by Gasteiger charge is -2.38. The van der Waals surface area contributed by atoms with Crippen molar-refractivity contribution in [3.63, 3.8) is 0 Å². The summed E-state index contributed by atoms with van der Waals surface area (Å²) in [6, 6.07) is 8.55. The summed E-state index contributed by atoms with van der Waals surface area (Å²) in [5.74, 6) is -0.446. The summed E-state index contributed by atoms with van der Waals surface area (Å²) >= 11 is 0. The van der Waals surface area contributed by atoms with Gasteiger partial charge in [-0.3, -0.25) is 4.79 Å². The van der Waals surface area contributed by atoms with Crippen molar-refractivity contribution >= 4 is 11.9 Å². The second-order valence-electron chi connectivity index (χ2n) is 3.69.